The van der Waals surface area contributed by atoms with Crippen LogP contribution in [0.1, 0.15) is 21.9 Å². The molecule has 0 saturated heterocycles. The van der Waals surface area contributed by atoms with Crippen LogP contribution < -0.4 is 10.2 Å². The molecule has 1 aliphatic rings. The van der Waals surface area contributed by atoms with Crippen molar-refractivity contribution in [3.63, 3.8) is 0 Å². The highest BCUT2D eigenvalue weighted by molar-refractivity contribution is 8.00. The lowest BCUT2D eigenvalue weighted by Crippen LogP contribution is -2.42. The molecule has 5 aromatic rings. The van der Waals surface area contributed by atoms with Crippen LogP contribution in [0.2, 0.25) is 5.02 Å². The lowest BCUT2D eigenvalue weighted by molar-refractivity contribution is -0.123. The molecule has 2 amide bonds. The van der Waals surface area contributed by atoms with Gasteiger partial charge in [-0.2, -0.15) is 5.10 Å². The third-order valence-electron chi connectivity index (χ3n) is 7.09. The van der Waals surface area contributed by atoms with Crippen LogP contribution in [0.25, 0.3) is 16.9 Å². The highest BCUT2D eigenvalue weighted by Gasteiger charge is 2.38. The molecule has 0 bridgehead atoms. The third kappa shape index (κ3) is 6.04. The number of halogens is 3. The zero-order valence-corrected chi connectivity index (χ0v) is 24.3. The standard InChI is InChI=1S/C33H25ClF2N4O2S/c34-26-8-4-5-9-27(26)40-33-30(31(38-40)22-6-2-1-3-7-22)32(23-12-16-25(36)17-13-23)43-20-29(42)39(33)19-28(41)37-18-21-10-14-24(35)15-11-21/h1-17,32H,18-20H2,(H,37,41)/t32-/m1/s1. The number of thioether (sulfide) groups is 1. The molecule has 0 radical (unpaired) electrons. The Morgan fingerprint density at radius 2 is 1.56 bits per heavy atom. The predicted octanol–water partition coefficient (Wildman–Crippen LogP) is 6.96. The summed E-state index contributed by atoms with van der Waals surface area (Å²) in [7, 11) is 0. The first-order valence-corrected chi connectivity index (χ1v) is 14.9. The first-order chi connectivity index (χ1) is 20.9. The summed E-state index contributed by atoms with van der Waals surface area (Å²) in [4.78, 5) is 28.6. The summed E-state index contributed by atoms with van der Waals surface area (Å²) in [6.45, 7) is -0.117. The summed E-state index contributed by atoms with van der Waals surface area (Å²) < 4.78 is 28.9. The Balaban J connectivity index is 1.50. The first kappa shape index (κ1) is 28.6. The molecule has 43 heavy (non-hydrogen) atoms. The predicted molar refractivity (Wildman–Crippen MR) is 165 cm³/mol. The number of para-hydroxylation sites is 1. The second kappa shape index (κ2) is 12.4. The number of anilines is 1. The Morgan fingerprint density at radius 1 is 0.907 bits per heavy atom. The van der Waals surface area contributed by atoms with Crippen LogP contribution in [0.15, 0.2) is 103 Å². The van der Waals surface area contributed by atoms with Crippen LogP contribution in [-0.2, 0) is 16.1 Å². The van der Waals surface area contributed by atoms with Gasteiger partial charge >= 0.3 is 0 Å². The minimum absolute atomic E-state index is 0.0682. The summed E-state index contributed by atoms with van der Waals surface area (Å²) in [6.07, 6.45) is 0. The number of rotatable bonds is 7. The van der Waals surface area contributed by atoms with Gasteiger partial charge in [0.2, 0.25) is 11.8 Å². The van der Waals surface area contributed by atoms with Gasteiger partial charge in [0.1, 0.15) is 24.0 Å². The van der Waals surface area contributed by atoms with Gasteiger partial charge in [0.25, 0.3) is 0 Å². The number of hydrogen-bond acceptors (Lipinski definition) is 4. The molecule has 1 aliphatic heterocycles. The zero-order chi connectivity index (χ0) is 29.9. The number of fused-ring (bicyclic) bond motifs is 1. The van der Waals surface area contributed by atoms with Crippen molar-refractivity contribution in [2.45, 2.75) is 11.8 Å². The van der Waals surface area contributed by atoms with E-state index in [1.54, 1.807) is 47.1 Å². The van der Waals surface area contributed by atoms with Crippen molar-refractivity contribution in [1.29, 1.82) is 0 Å². The maximum absolute atomic E-state index is 14.0. The average molecular weight is 615 g/mol. The van der Waals surface area contributed by atoms with Crippen molar-refractivity contribution in [3.8, 4) is 16.9 Å². The number of carbonyl (C=O) groups excluding carboxylic acids is 2. The number of nitrogens with one attached hydrogen (secondary N) is 1. The van der Waals surface area contributed by atoms with Crippen LogP contribution in [0, 0.1) is 11.6 Å². The van der Waals surface area contributed by atoms with Gasteiger partial charge in [-0.05, 0) is 47.5 Å². The van der Waals surface area contributed by atoms with Crippen LogP contribution in [0.4, 0.5) is 14.6 Å². The van der Waals surface area contributed by atoms with E-state index in [-0.39, 0.29) is 36.4 Å². The lowest BCUT2D eigenvalue weighted by Gasteiger charge is -2.23. The molecule has 2 heterocycles. The largest absolute Gasteiger partial charge is 0.350 e. The van der Waals surface area contributed by atoms with E-state index in [2.05, 4.69) is 5.32 Å². The van der Waals surface area contributed by atoms with E-state index in [0.29, 0.717) is 27.8 Å². The van der Waals surface area contributed by atoms with Crippen LogP contribution in [0.5, 0.6) is 0 Å². The molecular weight excluding hydrogens is 590 g/mol. The second-order valence-electron chi connectivity index (χ2n) is 9.94. The van der Waals surface area contributed by atoms with Gasteiger partial charge in [-0.15, -0.1) is 11.8 Å². The van der Waals surface area contributed by atoms with Crippen LogP contribution in [0.3, 0.4) is 0 Å². The summed E-state index contributed by atoms with van der Waals surface area (Å²) in [6, 6.07) is 28.7. The van der Waals surface area contributed by atoms with Crippen molar-refractivity contribution < 1.29 is 18.4 Å². The molecule has 0 saturated carbocycles. The molecule has 216 valence electrons. The first-order valence-electron chi connectivity index (χ1n) is 13.5. The summed E-state index contributed by atoms with van der Waals surface area (Å²) in [5, 5.41) is 7.85. The maximum Gasteiger partial charge on any atom is 0.240 e. The smallest absolute Gasteiger partial charge is 0.240 e. The van der Waals surface area contributed by atoms with Gasteiger partial charge < -0.3 is 5.32 Å². The van der Waals surface area contributed by atoms with Gasteiger partial charge in [-0.25, -0.2) is 13.5 Å². The minimum atomic E-state index is -0.404. The Morgan fingerprint density at radius 3 is 2.26 bits per heavy atom. The molecule has 0 fully saturated rings. The van der Waals surface area contributed by atoms with E-state index in [0.717, 1.165) is 16.7 Å². The number of carbonyl (C=O) groups is 2. The van der Waals surface area contributed by atoms with E-state index in [1.807, 2.05) is 36.4 Å². The normalized spacial score (nSPS) is 14.7. The molecule has 1 atom stereocenters. The fourth-order valence-corrected chi connectivity index (χ4v) is 6.44. The van der Waals surface area contributed by atoms with E-state index in [4.69, 9.17) is 16.7 Å². The highest BCUT2D eigenvalue weighted by atomic mass is 35.5. The van der Waals surface area contributed by atoms with Gasteiger partial charge in [0.15, 0.2) is 0 Å². The van der Waals surface area contributed by atoms with E-state index >= 15 is 0 Å². The lowest BCUT2D eigenvalue weighted by atomic mass is 9.99. The molecule has 6 nitrogen and oxygen atoms in total. The van der Waals surface area contributed by atoms with Gasteiger partial charge in [0.05, 0.1) is 27.4 Å². The van der Waals surface area contributed by atoms with Crippen LogP contribution in [-0.4, -0.2) is 33.9 Å². The molecule has 0 aliphatic carbocycles. The maximum atomic E-state index is 14.0. The van der Waals surface area contributed by atoms with Crippen LogP contribution >= 0.6 is 23.4 Å². The minimum Gasteiger partial charge on any atom is -0.350 e. The number of hydrogen-bond donors (Lipinski definition) is 1. The van der Waals surface area contributed by atoms with Crippen molar-refractivity contribution in [1.82, 2.24) is 15.1 Å². The number of nitrogens with zero attached hydrogens (tertiary/aromatic N) is 3. The summed E-state index contributed by atoms with van der Waals surface area (Å²) >= 11 is 8.06. The summed E-state index contributed by atoms with van der Waals surface area (Å²) in [5.41, 5.74) is 4.18. The SMILES string of the molecule is O=C(CN1C(=O)CS[C@H](c2ccc(F)cc2)c2c(-c3ccccc3)nn(-c3ccccc3Cl)c21)NCc1ccc(F)cc1. The monoisotopic (exact) mass is 614 g/mol. The van der Waals surface area contributed by atoms with E-state index < -0.39 is 11.2 Å². The Kier molecular flexibility index (Phi) is 8.26. The second-order valence-corrected chi connectivity index (χ2v) is 11.4. The zero-order valence-electron chi connectivity index (χ0n) is 22.7. The molecular formula is C33H25ClF2N4O2S. The molecule has 10 heteroatoms. The average Bonchev–Trinajstić information content (AvgIpc) is 3.34. The quantitative estimate of drug-likeness (QED) is 0.215. The number of amides is 2. The number of benzene rings is 4. The molecule has 6 rings (SSSR count). The van der Waals surface area contributed by atoms with Crippen molar-refractivity contribution in [3.05, 3.63) is 136 Å². The Labute approximate surface area is 256 Å². The summed E-state index contributed by atoms with van der Waals surface area (Å²) in [5.74, 6) is -0.948. The fraction of sp³-hybridized carbons (Fsp3) is 0.121. The number of aromatic nitrogens is 2. The molecule has 1 aromatic heterocycles. The molecule has 1 N–H and O–H groups in total. The topological polar surface area (TPSA) is 67.2 Å². The van der Waals surface area contributed by atoms with Gasteiger partial charge in [-0.1, -0.05) is 78.3 Å². The fourth-order valence-electron chi connectivity index (χ4n) is 5.02. The van der Waals surface area contributed by atoms with Crippen molar-refractivity contribution in [2.24, 2.45) is 0 Å². The Hall–Kier alpha value is -4.47. The Bertz CT molecular complexity index is 1780. The van der Waals surface area contributed by atoms with Crippen molar-refractivity contribution >= 4 is 41.0 Å². The molecule has 0 unspecified atom stereocenters. The molecule has 0 spiro atoms. The third-order valence-corrected chi connectivity index (χ3v) is 8.67. The van der Waals surface area contributed by atoms with E-state index in [1.165, 1.54) is 40.9 Å². The van der Waals surface area contributed by atoms with Crippen molar-refractivity contribution in [2.75, 3.05) is 17.2 Å². The highest BCUT2D eigenvalue weighted by Crippen LogP contribution is 2.48. The van der Waals surface area contributed by atoms with Gasteiger partial charge in [0, 0.05) is 17.7 Å². The molecule has 4 aromatic carbocycles. The van der Waals surface area contributed by atoms with Gasteiger partial charge in [-0.3, -0.25) is 14.5 Å². The van der Waals surface area contributed by atoms with E-state index in [9.17, 15) is 18.4 Å².